The van der Waals surface area contributed by atoms with Crippen LogP contribution < -0.4 is 5.32 Å². The molecule has 0 aliphatic carbocycles. The van der Waals surface area contributed by atoms with E-state index in [9.17, 15) is 9.59 Å². The lowest BCUT2D eigenvalue weighted by Crippen LogP contribution is -2.31. The lowest BCUT2D eigenvalue weighted by atomic mass is 9.84. The summed E-state index contributed by atoms with van der Waals surface area (Å²) in [7, 11) is 1.21. The van der Waals surface area contributed by atoms with E-state index in [2.05, 4.69) is 20.4 Å². The normalized spacial score (nSPS) is 17.0. The Balaban J connectivity index is 2.20. The number of benzene rings is 1. The summed E-state index contributed by atoms with van der Waals surface area (Å²) in [4.78, 5) is 24.8. The van der Waals surface area contributed by atoms with Gasteiger partial charge in [-0.25, -0.2) is 14.2 Å². The Labute approximate surface area is 161 Å². The molecule has 1 aliphatic rings. The number of esters is 1. The summed E-state index contributed by atoms with van der Waals surface area (Å²) in [6.45, 7) is 7.01. The third kappa shape index (κ3) is 3.55. The third-order valence-electron chi connectivity index (χ3n) is 4.25. The summed E-state index contributed by atoms with van der Waals surface area (Å²) >= 11 is 0. The van der Waals surface area contributed by atoms with Gasteiger partial charge in [0.25, 0.3) is 0 Å². The highest BCUT2D eigenvalue weighted by Gasteiger charge is 2.38. The van der Waals surface area contributed by atoms with Gasteiger partial charge in [-0.3, -0.25) is 0 Å². The van der Waals surface area contributed by atoms with Crippen molar-refractivity contribution >= 4 is 23.2 Å². The van der Waals surface area contributed by atoms with Gasteiger partial charge in [0.2, 0.25) is 0 Å². The zero-order chi connectivity index (χ0) is 20.4. The quantitative estimate of drug-likeness (QED) is 0.790. The Kier molecular flexibility index (Phi) is 5.34. The molecule has 148 valence electrons. The zero-order valence-corrected chi connectivity index (χ0v) is 16.2. The molecule has 9 nitrogen and oxygen atoms in total. The molecule has 1 N–H and O–H groups in total. The van der Waals surface area contributed by atoms with Crippen molar-refractivity contribution in [3.05, 3.63) is 46.5 Å². The molecule has 0 saturated heterocycles. The monoisotopic (exact) mass is 387 g/mol. The predicted molar refractivity (Wildman–Crippen MR) is 97.8 cm³/mol. The van der Waals surface area contributed by atoms with Crippen molar-refractivity contribution in [2.24, 2.45) is 0 Å². The molecule has 1 unspecified atom stereocenters. The van der Waals surface area contributed by atoms with Crippen LogP contribution in [0, 0.1) is 0 Å². The van der Waals surface area contributed by atoms with Gasteiger partial charge in [0.05, 0.1) is 30.4 Å². The second kappa shape index (κ2) is 7.71. The maximum absolute atomic E-state index is 12.9. The maximum atomic E-state index is 12.9. The molecule has 1 aromatic carbocycles. The van der Waals surface area contributed by atoms with Gasteiger partial charge in [-0.2, -0.15) is 0 Å². The van der Waals surface area contributed by atoms with E-state index in [1.165, 1.54) is 7.11 Å². The Hall–Kier alpha value is -3.36. The minimum Gasteiger partial charge on any atom is -0.460 e. The predicted octanol–water partition coefficient (Wildman–Crippen LogP) is 3.15. The zero-order valence-electron chi connectivity index (χ0n) is 16.2. The van der Waals surface area contributed by atoms with Gasteiger partial charge < -0.3 is 19.5 Å². The molecule has 3 rings (SSSR count). The van der Waals surface area contributed by atoms with E-state index in [0.717, 1.165) is 0 Å². The van der Waals surface area contributed by atoms with Gasteiger partial charge in [-0.1, -0.05) is 12.1 Å². The summed E-state index contributed by atoms with van der Waals surface area (Å²) in [5.74, 6) is -1.08. The van der Waals surface area contributed by atoms with Crippen LogP contribution in [0.4, 0.5) is 4.79 Å². The smallest absolute Gasteiger partial charge is 0.460 e. The molecule has 2 heterocycles. The molecule has 0 saturated carbocycles. The van der Waals surface area contributed by atoms with Gasteiger partial charge in [-0.15, -0.1) is 0 Å². The first kappa shape index (κ1) is 19.4. The van der Waals surface area contributed by atoms with Crippen LogP contribution in [0.1, 0.15) is 39.2 Å². The molecule has 9 heteroatoms. The minimum absolute atomic E-state index is 0.212. The lowest BCUT2D eigenvalue weighted by Gasteiger charge is -2.30. The van der Waals surface area contributed by atoms with Crippen LogP contribution in [-0.2, 0) is 19.0 Å². The highest BCUT2D eigenvalue weighted by Crippen LogP contribution is 2.41. The van der Waals surface area contributed by atoms with Crippen molar-refractivity contribution in [3.8, 4) is 0 Å². The molecule has 0 bridgehead atoms. The second-order valence-corrected chi connectivity index (χ2v) is 6.58. The van der Waals surface area contributed by atoms with E-state index >= 15 is 0 Å². The van der Waals surface area contributed by atoms with Crippen LogP contribution in [0.3, 0.4) is 0 Å². The number of carbonyl (C=O) groups excluding carboxylic acids is 2. The number of nitrogens with zero attached hydrogens (tertiary/aromatic N) is 2. The summed E-state index contributed by atoms with van der Waals surface area (Å²) in [6.07, 6.45) is -1.22. The van der Waals surface area contributed by atoms with E-state index in [1.807, 2.05) is 0 Å². The minimum atomic E-state index is -0.900. The van der Waals surface area contributed by atoms with Crippen molar-refractivity contribution in [2.45, 2.75) is 39.7 Å². The van der Waals surface area contributed by atoms with Crippen LogP contribution in [0.5, 0.6) is 0 Å². The molecule has 0 amide bonds. The third-order valence-corrected chi connectivity index (χ3v) is 4.25. The summed E-state index contributed by atoms with van der Waals surface area (Å²) in [5, 5.41) is 10.9. The van der Waals surface area contributed by atoms with E-state index in [1.54, 1.807) is 45.9 Å². The molecule has 0 radical (unpaired) electrons. The van der Waals surface area contributed by atoms with Gasteiger partial charge in [0.15, 0.2) is 0 Å². The molecule has 2 aromatic rings. The number of methoxy groups -OCH3 is 1. The largest absolute Gasteiger partial charge is 0.513 e. The van der Waals surface area contributed by atoms with Crippen molar-refractivity contribution in [3.63, 3.8) is 0 Å². The Bertz CT molecular complexity index is 988. The van der Waals surface area contributed by atoms with Crippen LogP contribution in [0.15, 0.2) is 45.6 Å². The first-order valence-corrected chi connectivity index (χ1v) is 8.70. The Morgan fingerprint density at radius 3 is 2.61 bits per heavy atom. The van der Waals surface area contributed by atoms with Gasteiger partial charge in [0, 0.05) is 5.70 Å². The lowest BCUT2D eigenvalue weighted by molar-refractivity contribution is -0.143. The fraction of sp³-hybridized carbons (Fsp3) is 0.368. The van der Waals surface area contributed by atoms with E-state index in [0.29, 0.717) is 33.6 Å². The molecular weight excluding hydrogens is 366 g/mol. The number of carbonyl (C=O) groups is 2. The average Bonchev–Trinajstić information content (AvgIpc) is 3.11. The molecule has 1 aliphatic heterocycles. The van der Waals surface area contributed by atoms with Gasteiger partial charge in [0.1, 0.15) is 16.8 Å². The van der Waals surface area contributed by atoms with E-state index in [-0.39, 0.29) is 11.9 Å². The number of ether oxygens (including phenoxy) is 3. The van der Waals surface area contributed by atoms with Crippen molar-refractivity contribution in [1.29, 1.82) is 0 Å². The fourth-order valence-electron chi connectivity index (χ4n) is 3.15. The molecule has 0 fully saturated rings. The standard InChI is InChI=1S/C19H21N3O6/c1-9(2)26-18(23)14-10(3)20-11(4)17(27-19(24)25-5)15(14)12-7-6-8-13-16(12)22-28-21-13/h6-9,15,20H,1-5H3. The number of dihydropyridines is 1. The van der Waals surface area contributed by atoms with Crippen molar-refractivity contribution in [1.82, 2.24) is 15.6 Å². The molecule has 1 aromatic heterocycles. The topological polar surface area (TPSA) is 113 Å². The molecule has 28 heavy (non-hydrogen) atoms. The van der Waals surface area contributed by atoms with Crippen LogP contribution >= 0.6 is 0 Å². The van der Waals surface area contributed by atoms with Crippen LogP contribution in [-0.4, -0.2) is 35.7 Å². The Morgan fingerprint density at radius 1 is 1.18 bits per heavy atom. The molecular formula is C19H21N3O6. The molecule has 0 spiro atoms. The number of rotatable bonds is 4. The van der Waals surface area contributed by atoms with Crippen LogP contribution in [0.25, 0.3) is 11.0 Å². The maximum Gasteiger partial charge on any atom is 0.513 e. The Morgan fingerprint density at radius 2 is 1.93 bits per heavy atom. The average molecular weight is 387 g/mol. The summed E-state index contributed by atoms with van der Waals surface area (Å²) in [5.41, 5.74) is 3.00. The highest BCUT2D eigenvalue weighted by atomic mass is 16.7. The summed E-state index contributed by atoms with van der Waals surface area (Å²) in [6, 6.07) is 5.26. The number of allylic oxidation sites excluding steroid dienone is 3. The van der Waals surface area contributed by atoms with Gasteiger partial charge >= 0.3 is 12.1 Å². The molecule has 1 atom stereocenters. The first-order valence-electron chi connectivity index (χ1n) is 8.70. The van der Waals surface area contributed by atoms with Crippen molar-refractivity contribution in [2.75, 3.05) is 7.11 Å². The van der Waals surface area contributed by atoms with E-state index < -0.39 is 18.0 Å². The van der Waals surface area contributed by atoms with Gasteiger partial charge in [-0.05, 0) is 49.6 Å². The highest BCUT2D eigenvalue weighted by molar-refractivity contribution is 5.94. The van der Waals surface area contributed by atoms with E-state index in [4.69, 9.17) is 14.1 Å². The summed E-state index contributed by atoms with van der Waals surface area (Å²) < 4.78 is 20.3. The number of fused-ring (bicyclic) bond motifs is 1. The fourth-order valence-corrected chi connectivity index (χ4v) is 3.15. The van der Waals surface area contributed by atoms with Crippen LogP contribution in [0.2, 0.25) is 0 Å². The number of nitrogens with one attached hydrogen (secondary N) is 1. The van der Waals surface area contributed by atoms with Crippen molar-refractivity contribution < 1.29 is 28.4 Å². The second-order valence-electron chi connectivity index (χ2n) is 6.58. The number of hydrogen-bond donors (Lipinski definition) is 1. The SMILES string of the molecule is COC(=O)OC1=C(C)NC(C)=C(C(=O)OC(C)C)C1c1cccc2nonc12. The number of aromatic nitrogens is 2. The first-order chi connectivity index (χ1) is 13.3. The number of hydrogen-bond acceptors (Lipinski definition) is 9.